The molecule has 1 heterocycles. The van der Waals surface area contributed by atoms with Crippen LogP contribution in [0, 0.1) is 5.95 Å². The fourth-order valence-corrected chi connectivity index (χ4v) is 0.798. The Labute approximate surface area is 65.8 Å². The Balaban J connectivity index is 3.08. The number of halogens is 4. The second-order valence-corrected chi connectivity index (χ2v) is 2.27. The zero-order chi connectivity index (χ0) is 8.43. The fraction of sp³-hybridized carbons (Fsp3) is 0.167. The molecule has 60 valence electrons. The molecular weight excluding hydrogens is 179 g/mol. The van der Waals surface area contributed by atoms with Gasteiger partial charge in [0.15, 0.2) is 0 Å². The molecule has 0 N–H and O–H groups in total. The minimum atomic E-state index is -2.79. The van der Waals surface area contributed by atoms with Crippen molar-refractivity contribution in [2.75, 3.05) is 0 Å². The van der Waals surface area contributed by atoms with Gasteiger partial charge in [-0.3, -0.25) is 0 Å². The largest absolute Gasteiger partial charge is 0.280 e. The number of rotatable bonds is 1. The summed E-state index contributed by atoms with van der Waals surface area (Å²) in [4.78, 5) is 2.93. The van der Waals surface area contributed by atoms with Crippen LogP contribution in [-0.4, -0.2) is 4.98 Å². The fourth-order valence-electron chi connectivity index (χ4n) is 0.596. The number of nitrogens with zero attached hydrogens (tertiary/aromatic N) is 1. The molecule has 0 unspecified atom stereocenters. The predicted octanol–water partition coefficient (Wildman–Crippen LogP) is 2.81. The lowest BCUT2D eigenvalue weighted by Crippen LogP contribution is -1.92. The summed E-state index contributed by atoms with van der Waals surface area (Å²) in [5.74, 6) is -0.993. The summed E-state index contributed by atoms with van der Waals surface area (Å²) in [6.07, 6.45) is -2.79. The van der Waals surface area contributed by atoms with Crippen molar-refractivity contribution in [3.63, 3.8) is 0 Å². The Hall–Kier alpha value is -0.770. The summed E-state index contributed by atoms with van der Waals surface area (Å²) in [5.41, 5.74) is -0.644. The third-order valence-corrected chi connectivity index (χ3v) is 1.22. The molecule has 0 bridgehead atoms. The number of pyridine rings is 1. The van der Waals surface area contributed by atoms with Crippen molar-refractivity contribution in [3.8, 4) is 0 Å². The molecule has 0 aliphatic carbocycles. The quantitative estimate of drug-likeness (QED) is 0.607. The van der Waals surface area contributed by atoms with Crippen LogP contribution in [0.15, 0.2) is 12.1 Å². The molecule has 0 fully saturated rings. The first-order chi connectivity index (χ1) is 5.09. The molecular formula is C6H3ClF3N. The number of aromatic nitrogens is 1. The van der Waals surface area contributed by atoms with Crippen molar-refractivity contribution >= 4 is 11.6 Å². The molecule has 0 radical (unpaired) electrons. The summed E-state index contributed by atoms with van der Waals surface area (Å²) in [6.45, 7) is 0. The minimum Gasteiger partial charge on any atom is -0.219 e. The van der Waals surface area contributed by atoms with Gasteiger partial charge in [-0.2, -0.15) is 4.39 Å². The van der Waals surface area contributed by atoms with Gasteiger partial charge in [0.25, 0.3) is 6.43 Å². The van der Waals surface area contributed by atoms with Gasteiger partial charge in [0.05, 0.1) is 0 Å². The molecule has 5 heteroatoms. The van der Waals surface area contributed by atoms with Crippen LogP contribution >= 0.6 is 11.6 Å². The summed E-state index contributed by atoms with van der Waals surface area (Å²) >= 11 is 5.28. The third kappa shape index (κ3) is 2.08. The van der Waals surface area contributed by atoms with Gasteiger partial charge in [0.2, 0.25) is 5.95 Å². The van der Waals surface area contributed by atoms with Gasteiger partial charge in [0.1, 0.15) is 5.69 Å². The molecule has 0 aromatic carbocycles. The molecule has 0 saturated carbocycles. The van der Waals surface area contributed by atoms with E-state index in [0.717, 1.165) is 12.1 Å². The van der Waals surface area contributed by atoms with E-state index in [4.69, 9.17) is 11.6 Å². The normalized spacial score (nSPS) is 10.6. The topological polar surface area (TPSA) is 12.9 Å². The van der Waals surface area contributed by atoms with E-state index in [1.165, 1.54) is 0 Å². The number of hydrogen-bond donors (Lipinski definition) is 0. The van der Waals surface area contributed by atoms with Crippen molar-refractivity contribution in [1.29, 1.82) is 0 Å². The Bertz CT molecular complexity index is 244. The van der Waals surface area contributed by atoms with E-state index in [1.807, 2.05) is 0 Å². The Morgan fingerprint density at radius 3 is 2.45 bits per heavy atom. The monoisotopic (exact) mass is 181 g/mol. The van der Waals surface area contributed by atoms with E-state index in [-0.39, 0.29) is 5.02 Å². The van der Waals surface area contributed by atoms with Crippen molar-refractivity contribution in [3.05, 3.63) is 28.8 Å². The van der Waals surface area contributed by atoms with Crippen LogP contribution in [-0.2, 0) is 0 Å². The Morgan fingerprint density at radius 2 is 2.00 bits per heavy atom. The highest BCUT2D eigenvalue weighted by Crippen LogP contribution is 2.20. The lowest BCUT2D eigenvalue weighted by Gasteiger charge is -1.98. The summed E-state index contributed by atoms with van der Waals surface area (Å²) < 4.78 is 35.9. The van der Waals surface area contributed by atoms with E-state index in [2.05, 4.69) is 4.98 Å². The van der Waals surface area contributed by atoms with E-state index < -0.39 is 18.1 Å². The van der Waals surface area contributed by atoms with Crippen LogP contribution in [0.4, 0.5) is 13.2 Å². The maximum absolute atomic E-state index is 12.3. The Kier molecular flexibility index (Phi) is 2.34. The molecule has 0 spiro atoms. The average Bonchev–Trinajstić information content (AvgIpc) is 1.85. The maximum atomic E-state index is 12.3. The molecule has 1 aromatic rings. The lowest BCUT2D eigenvalue weighted by molar-refractivity contribution is 0.145. The molecule has 1 rings (SSSR count). The smallest absolute Gasteiger partial charge is 0.219 e. The van der Waals surface area contributed by atoms with Gasteiger partial charge >= 0.3 is 0 Å². The van der Waals surface area contributed by atoms with Gasteiger partial charge < -0.3 is 0 Å². The first-order valence-corrected chi connectivity index (χ1v) is 3.08. The first-order valence-electron chi connectivity index (χ1n) is 2.70. The Morgan fingerprint density at radius 1 is 1.36 bits per heavy atom. The van der Waals surface area contributed by atoms with Crippen molar-refractivity contribution in [1.82, 2.24) is 4.98 Å². The molecule has 1 aromatic heterocycles. The van der Waals surface area contributed by atoms with Crippen LogP contribution in [0.25, 0.3) is 0 Å². The van der Waals surface area contributed by atoms with Gasteiger partial charge in [-0.15, -0.1) is 0 Å². The summed E-state index contributed by atoms with van der Waals surface area (Å²) in [5, 5.41) is -0.0761. The van der Waals surface area contributed by atoms with Crippen molar-refractivity contribution in [2.24, 2.45) is 0 Å². The first kappa shape index (κ1) is 8.33. The third-order valence-electron chi connectivity index (χ3n) is 1.00. The van der Waals surface area contributed by atoms with Gasteiger partial charge in [-0.25, -0.2) is 13.8 Å². The zero-order valence-corrected chi connectivity index (χ0v) is 5.95. The van der Waals surface area contributed by atoms with E-state index in [1.54, 1.807) is 0 Å². The number of hydrogen-bond acceptors (Lipinski definition) is 1. The molecule has 0 amide bonds. The van der Waals surface area contributed by atoms with Crippen LogP contribution in [0.1, 0.15) is 12.1 Å². The highest BCUT2D eigenvalue weighted by atomic mass is 35.5. The maximum Gasteiger partial charge on any atom is 0.280 e. The molecule has 0 saturated heterocycles. The van der Waals surface area contributed by atoms with Crippen molar-refractivity contribution < 1.29 is 13.2 Å². The highest BCUT2D eigenvalue weighted by molar-refractivity contribution is 6.30. The predicted molar refractivity (Wildman–Crippen MR) is 34.2 cm³/mol. The standard InChI is InChI=1S/C6H3ClF3N/c7-3-1-4(6(9)10)11-5(8)2-3/h1-2,6H. The molecule has 1 nitrogen and oxygen atoms in total. The second-order valence-electron chi connectivity index (χ2n) is 1.83. The molecule has 11 heavy (non-hydrogen) atoms. The molecule has 0 atom stereocenters. The van der Waals surface area contributed by atoms with E-state index in [0.29, 0.717) is 0 Å². The van der Waals surface area contributed by atoms with Gasteiger partial charge in [0, 0.05) is 11.1 Å². The van der Waals surface area contributed by atoms with Crippen LogP contribution < -0.4 is 0 Å². The minimum absolute atomic E-state index is 0.0761. The van der Waals surface area contributed by atoms with E-state index in [9.17, 15) is 13.2 Å². The van der Waals surface area contributed by atoms with Crippen LogP contribution in [0.3, 0.4) is 0 Å². The SMILES string of the molecule is Fc1cc(Cl)cc(C(F)F)n1. The molecule has 0 aliphatic rings. The molecule has 0 aliphatic heterocycles. The number of alkyl halides is 2. The summed E-state index contributed by atoms with van der Waals surface area (Å²) in [7, 11) is 0. The van der Waals surface area contributed by atoms with Crippen LogP contribution in [0.5, 0.6) is 0 Å². The van der Waals surface area contributed by atoms with E-state index >= 15 is 0 Å². The van der Waals surface area contributed by atoms with Gasteiger partial charge in [-0.1, -0.05) is 11.6 Å². The second kappa shape index (κ2) is 3.09. The van der Waals surface area contributed by atoms with Gasteiger partial charge in [-0.05, 0) is 6.07 Å². The average molecular weight is 182 g/mol. The lowest BCUT2D eigenvalue weighted by atomic mass is 10.3. The zero-order valence-electron chi connectivity index (χ0n) is 5.19. The summed E-state index contributed by atoms with van der Waals surface area (Å²) in [6, 6.07) is 1.79. The van der Waals surface area contributed by atoms with Crippen molar-refractivity contribution in [2.45, 2.75) is 6.43 Å². The van der Waals surface area contributed by atoms with Crippen LogP contribution in [0.2, 0.25) is 5.02 Å². The highest BCUT2D eigenvalue weighted by Gasteiger charge is 2.10.